The molecule has 482 valence electrons. The normalized spacial score (nSPS) is 13.1. The Morgan fingerprint density at radius 2 is 0.618 bits per heavy atom. The minimum absolute atomic E-state index is 0.290. The molecule has 2 aliphatic rings. The molecular weight excluding hydrogens is 1230 g/mol. The van der Waals surface area contributed by atoms with Gasteiger partial charge in [-0.15, -0.1) is 0 Å². The van der Waals surface area contributed by atoms with Gasteiger partial charge in [-0.2, -0.15) is 0 Å². The van der Waals surface area contributed by atoms with E-state index in [4.69, 9.17) is 0 Å². The predicted octanol–water partition coefficient (Wildman–Crippen LogP) is 27.9. The van der Waals surface area contributed by atoms with Crippen molar-refractivity contribution >= 4 is 77.2 Å². The summed E-state index contributed by atoms with van der Waals surface area (Å²) in [4.78, 5) is 4.96. The van der Waals surface area contributed by atoms with Crippen molar-refractivity contribution in [3.8, 4) is 89.0 Å². The van der Waals surface area contributed by atoms with Gasteiger partial charge in [-0.1, -0.05) is 282 Å². The van der Waals surface area contributed by atoms with Gasteiger partial charge in [0.1, 0.15) is 0 Å². The fourth-order valence-electron chi connectivity index (χ4n) is 17.1. The van der Waals surface area contributed by atoms with Gasteiger partial charge >= 0.3 is 0 Å². The summed E-state index contributed by atoms with van der Waals surface area (Å²) in [6, 6.07) is 136. The van der Waals surface area contributed by atoms with Crippen LogP contribution in [-0.4, -0.2) is 0 Å². The SMILES string of the molecule is CC1(C)c2cc(N(c3ccccc3)c3ccccc3)ccc2-c2cc3c(cc21)-c1c(cc(N(c2ccccc2)c2cc(-c4cc(-c5ccccc5)cc(-c5ccccc5)c4)cc(-c4c(-c5cccc6ccccc56)ccc5ccc(-c6cccc7ccccc67)cc45)c2)c2ccccc12)C3(C)C. The van der Waals surface area contributed by atoms with Crippen LogP contribution >= 0.6 is 0 Å². The lowest BCUT2D eigenvalue weighted by molar-refractivity contribution is 0.652. The van der Waals surface area contributed by atoms with E-state index in [1.807, 2.05) is 0 Å². The highest BCUT2D eigenvalue weighted by Crippen LogP contribution is 2.60. The summed E-state index contributed by atoms with van der Waals surface area (Å²) < 4.78 is 0. The first-order valence-corrected chi connectivity index (χ1v) is 35.7. The van der Waals surface area contributed by atoms with Gasteiger partial charge in [-0.25, -0.2) is 0 Å². The molecule has 0 aliphatic heterocycles. The Bertz CT molecular complexity index is 6060. The Morgan fingerprint density at radius 3 is 1.25 bits per heavy atom. The fourth-order valence-corrected chi connectivity index (χ4v) is 17.1. The van der Waals surface area contributed by atoms with E-state index in [0.717, 1.165) is 61.9 Å². The number of fused-ring (bicyclic) bond motifs is 11. The molecular formula is C100H72N2. The van der Waals surface area contributed by atoms with Crippen molar-refractivity contribution in [3.63, 3.8) is 0 Å². The molecule has 102 heavy (non-hydrogen) atoms. The van der Waals surface area contributed by atoms with Crippen LogP contribution in [0.15, 0.2) is 364 Å². The first kappa shape index (κ1) is 60.5. The van der Waals surface area contributed by atoms with Crippen molar-refractivity contribution in [2.45, 2.75) is 38.5 Å². The van der Waals surface area contributed by atoms with Gasteiger partial charge in [0.2, 0.25) is 0 Å². The first-order valence-electron chi connectivity index (χ1n) is 35.7. The zero-order chi connectivity index (χ0) is 68.2. The number of para-hydroxylation sites is 3. The summed E-state index contributed by atoms with van der Waals surface area (Å²) in [6.07, 6.45) is 0. The van der Waals surface area contributed by atoms with Crippen LogP contribution in [0, 0.1) is 0 Å². The number of benzene rings is 17. The molecule has 0 spiro atoms. The Morgan fingerprint density at radius 1 is 0.186 bits per heavy atom. The van der Waals surface area contributed by atoms with E-state index in [9.17, 15) is 0 Å². The Balaban J connectivity index is 0.854. The van der Waals surface area contributed by atoms with E-state index in [2.05, 4.69) is 401 Å². The molecule has 17 aromatic carbocycles. The number of hydrogen-bond acceptors (Lipinski definition) is 2. The standard InChI is InChI=1S/C100H72N2/c1-99(2)92-61-79(101(76-36-14-7-15-37-76)77-38-16-8-17-39-77)51-53-85(92)90-62-94-91(63-93(90)99)98-87-45-25-24-44-86(87)96(64-95(98)100(94,3)4)102(78-40-18-9-19-41-78)80-58-74(73-55-71(65-28-10-5-11-29-65)54-72(56-73)66-30-12-6-13-31-66)57-75(59-80)97-88(84-47-27-35-68-33-21-23-43-82(68)84)52-50-69-48-49-70(60-89(69)97)83-46-26-34-67-32-20-22-42-81(67)83/h5-64H,1-4H3. The highest BCUT2D eigenvalue weighted by Gasteiger charge is 2.43. The Hall–Kier alpha value is -12.6. The molecule has 0 N–H and O–H groups in total. The van der Waals surface area contributed by atoms with Gasteiger partial charge in [0, 0.05) is 44.7 Å². The third kappa shape index (κ3) is 10.00. The molecule has 2 heteroatoms. The third-order valence-electron chi connectivity index (χ3n) is 22.1. The van der Waals surface area contributed by atoms with Gasteiger partial charge in [-0.3, -0.25) is 0 Å². The average Bonchev–Trinajstić information content (AvgIpc) is 1.52. The second-order valence-corrected chi connectivity index (χ2v) is 28.7. The largest absolute Gasteiger partial charge is 0.310 e. The van der Waals surface area contributed by atoms with E-state index < -0.39 is 0 Å². The summed E-state index contributed by atoms with van der Waals surface area (Å²) >= 11 is 0. The predicted molar refractivity (Wildman–Crippen MR) is 434 cm³/mol. The highest BCUT2D eigenvalue weighted by molar-refractivity contribution is 6.14. The molecule has 0 fully saturated rings. The monoisotopic (exact) mass is 1300 g/mol. The summed E-state index contributed by atoms with van der Waals surface area (Å²) in [7, 11) is 0. The Kier molecular flexibility index (Phi) is 14.3. The lowest BCUT2D eigenvalue weighted by Crippen LogP contribution is -2.18. The van der Waals surface area contributed by atoms with E-state index >= 15 is 0 Å². The highest BCUT2D eigenvalue weighted by atomic mass is 15.1. The smallest absolute Gasteiger partial charge is 0.0543 e. The van der Waals surface area contributed by atoms with Gasteiger partial charge in [-0.05, 0) is 258 Å². The van der Waals surface area contributed by atoms with Crippen molar-refractivity contribution in [2.75, 3.05) is 9.80 Å². The van der Waals surface area contributed by atoms with E-state index in [-0.39, 0.29) is 10.8 Å². The molecule has 0 unspecified atom stereocenters. The lowest BCUT2D eigenvalue weighted by atomic mass is 9.79. The molecule has 0 bridgehead atoms. The molecule has 0 heterocycles. The maximum Gasteiger partial charge on any atom is 0.0543 e. The maximum atomic E-state index is 2.58. The summed E-state index contributed by atoms with van der Waals surface area (Å²) in [5.74, 6) is 0. The molecule has 0 radical (unpaired) electrons. The van der Waals surface area contributed by atoms with Crippen LogP contribution in [0.25, 0.3) is 132 Å². The summed E-state index contributed by atoms with van der Waals surface area (Å²) in [5, 5.41) is 9.66. The maximum absolute atomic E-state index is 2.58. The summed E-state index contributed by atoms with van der Waals surface area (Å²) in [6.45, 7) is 9.78. The molecule has 19 rings (SSSR count). The van der Waals surface area contributed by atoms with Crippen molar-refractivity contribution in [1.82, 2.24) is 0 Å². The van der Waals surface area contributed by atoms with Gasteiger partial charge in [0.05, 0.1) is 5.69 Å². The molecule has 2 aliphatic carbocycles. The second-order valence-electron chi connectivity index (χ2n) is 28.7. The van der Waals surface area contributed by atoms with Crippen molar-refractivity contribution in [2.24, 2.45) is 0 Å². The topological polar surface area (TPSA) is 6.48 Å². The molecule has 0 atom stereocenters. The number of nitrogens with zero attached hydrogens (tertiary/aromatic N) is 2. The zero-order valence-electron chi connectivity index (χ0n) is 57.5. The van der Waals surface area contributed by atoms with Crippen molar-refractivity contribution < 1.29 is 0 Å². The van der Waals surface area contributed by atoms with Crippen LogP contribution in [0.4, 0.5) is 34.1 Å². The minimum atomic E-state index is -0.387. The second kappa shape index (κ2) is 24.1. The number of rotatable bonds is 12. The van der Waals surface area contributed by atoms with Gasteiger partial charge in [0.15, 0.2) is 0 Å². The first-order chi connectivity index (χ1) is 50.1. The number of hydrogen-bond donors (Lipinski definition) is 0. The average molecular weight is 1300 g/mol. The Labute approximate surface area is 597 Å². The quantitative estimate of drug-likeness (QED) is 0.120. The third-order valence-corrected chi connectivity index (χ3v) is 22.1. The van der Waals surface area contributed by atoms with Crippen molar-refractivity contribution in [1.29, 1.82) is 0 Å². The van der Waals surface area contributed by atoms with Crippen LogP contribution in [0.2, 0.25) is 0 Å². The molecule has 0 amide bonds. The minimum Gasteiger partial charge on any atom is -0.310 e. The van der Waals surface area contributed by atoms with Crippen LogP contribution in [0.3, 0.4) is 0 Å². The lowest BCUT2D eigenvalue weighted by Gasteiger charge is -2.31. The van der Waals surface area contributed by atoms with Crippen LogP contribution in [0.5, 0.6) is 0 Å². The molecule has 0 saturated heterocycles. The molecule has 2 nitrogen and oxygen atoms in total. The van der Waals surface area contributed by atoms with E-state index in [0.29, 0.717) is 0 Å². The van der Waals surface area contributed by atoms with Gasteiger partial charge in [0.25, 0.3) is 0 Å². The van der Waals surface area contributed by atoms with Crippen LogP contribution in [0.1, 0.15) is 49.9 Å². The number of anilines is 6. The van der Waals surface area contributed by atoms with Crippen LogP contribution < -0.4 is 9.80 Å². The van der Waals surface area contributed by atoms with Crippen LogP contribution in [-0.2, 0) is 10.8 Å². The van der Waals surface area contributed by atoms with Gasteiger partial charge < -0.3 is 9.80 Å². The van der Waals surface area contributed by atoms with E-state index in [1.54, 1.807) is 0 Å². The summed E-state index contributed by atoms with van der Waals surface area (Å²) in [5.41, 5.74) is 30.6. The molecule has 0 aromatic heterocycles. The van der Waals surface area contributed by atoms with Crippen molar-refractivity contribution in [3.05, 3.63) is 386 Å². The molecule has 0 saturated carbocycles. The molecule has 17 aromatic rings. The zero-order valence-corrected chi connectivity index (χ0v) is 57.5. The fraction of sp³-hybridized carbons (Fsp3) is 0.0600. The van der Waals surface area contributed by atoms with E-state index in [1.165, 1.54) is 127 Å².